The van der Waals surface area contributed by atoms with Gasteiger partial charge in [0.05, 0.1) is 10.7 Å². The Morgan fingerprint density at radius 3 is 2.39 bits per heavy atom. The van der Waals surface area contributed by atoms with E-state index in [-0.39, 0.29) is 5.02 Å². The second kappa shape index (κ2) is 5.04. The Kier molecular flexibility index (Phi) is 3.64. The average molecular weight is 284 g/mol. The molecule has 1 aromatic heterocycles. The third-order valence-electron chi connectivity index (χ3n) is 2.76. The highest BCUT2D eigenvalue weighted by Gasteiger charge is 2.16. The van der Waals surface area contributed by atoms with E-state index in [2.05, 4.69) is 0 Å². The largest absolute Gasteiger partial charge is 0.425 e. The van der Waals surface area contributed by atoms with E-state index in [0.717, 1.165) is 5.56 Å². The summed E-state index contributed by atoms with van der Waals surface area (Å²) in [5, 5.41) is 10.0. The molecule has 5 heteroatoms. The van der Waals surface area contributed by atoms with Crippen molar-refractivity contribution in [3.05, 3.63) is 67.6 Å². The molecule has 0 saturated heterocycles. The van der Waals surface area contributed by atoms with Crippen LogP contribution in [0.4, 0.5) is 0 Å². The molecule has 3 nitrogen and oxygen atoms in total. The Balaban J connectivity index is 2.56. The topological polar surface area (TPSA) is 42.2 Å². The Bertz CT molecular complexity index is 636. The number of hydrogen-bond donors (Lipinski definition) is 1. The van der Waals surface area contributed by atoms with Crippen LogP contribution < -0.4 is 5.56 Å². The molecule has 0 radical (unpaired) electrons. The maximum atomic E-state index is 11.7. The summed E-state index contributed by atoms with van der Waals surface area (Å²) >= 11 is 11.9. The van der Waals surface area contributed by atoms with Gasteiger partial charge in [-0.25, -0.2) is 0 Å². The zero-order chi connectivity index (χ0) is 13.3. The van der Waals surface area contributed by atoms with Crippen molar-refractivity contribution in [3.63, 3.8) is 0 Å². The lowest BCUT2D eigenvalue weighted by Gasteiger charge is -2.12. The molecular formula is C13H11Cl2NO2. The molecule has 0 bridgehead atoms. The quantitative estimate of drug-likeness (QED) is 0.860. The number of pyridine rings is 1. The van der Waals surface area contributed by atoms with Gasteiger partial charge in [-0.1, -0.05) is 53.5 Å². The van der Waals surface area contributed by atoms with Crippen molar-refractivity contribution in [1.29, 1.82) is 0 Å². The molecule has 0 aliphatic heterocycles. The summed E-state index contributed by atoms with van der Waals surface area (Å²) < 4.78 is 0.519. The molecule has 94 valence electrons. The first-order chi connectivity index (χ1) is 8.52. The van der Waals surface area contributed by atoms with Crippen LogP contribution >= 0.6 is 23.2 Å². The van der Waals surface area contributed by atoms with Crippen molar-refractivity contribution in [3.8, 4) is 0 Å². The Morgan fingerprint density at radius 2 is 1.78 bits per heavy atom. The summed E-state index contributed by atoms with van der Waals surface area (Å²) in [6, 6.07) is 9.44. The molecule has 2 aromatic rings. The molecule has 1 aromatic carbocycles. The fourth-order valence-corrected chi connectivity index (χ4v) is 2.19. The van der Waals surface area contributed by atoms with E-state index in [9.17, 15) is 10.0 Å². The fraction of sp³-hybridized carbons (Fsp3) is 0.154. The van der Waals surface area contributed by atoms with Crippen LogP contribution in [0, 0.1) is 6.92 Å². The zero-order valence-electron chi connectivity index (χ0n) is 9.65. The van der Waals surface area contributed by atoms with Crippen LogP contribution in [0.3, 0.4) is 0 Å². The minimum absolute atomic E-state index is 0.0562. The molecule has 0 aliphatic carbocycles. The van der Waals surface area contributed by atoms with Crippen molar-refractivity contribution in [2.75, 3.05) is 0 Å². The van der Waals surface area contributed by atoms with Gasteiger partial charge >= 0.3 is 5.56 Å². The maximum Gasteiger partial charge on any atom is 0.302 e. The minimum atomic E-state index is -0.649. The van der Waals surface area contributed by atoms with Crippen molar-refractivity contribution < 1.29 is 5.21 Å². The van der Waals surface area contributed by atoms with E-state index in [1.807, 2.05) is 30.3 Å². The molecule has 0 aliphatic rings. The molecule has 0 amide bonds. The maximum absolute atomic E-state index is 11.7. The van der Waals surface area contributed by atoms with E-state index in [0.29, 0.717) is 27.4 Å². The van der Waals surface area contributed by atoms with E-state index in [1.165, 1.54) is 0 Å². The summed E-state index contributed by atoms with van der Waals surface area (Å²) in [5.74, 6) is 0. The summed E-state index contributed by atoms with van der Waals surface area (Å²) in [7, 11) is 0. The number of rotatable bonds is 2. The lowest BCUT2D eigenvalue weighted by atomic mass is 10.1. The van der Waals surface area contributed by atoms with Crippen molar-refractivity contribution in [2.24, 2.45) is 0 Å². The molecule has 0 fully saturated rings. The number of halogens is 2. The van der Waals surface area contributed by atoms with E-state index in [1.54, 1.807) is 6.92 Å². The molecule has 0 unspecified atom stereocenters. The molecule has 18 heavy (non-hydrogen) atoms. The Hall–Kier alpha value is -1.45. The third kappa shape index (κ3) is 2.24. The van der Waals surface area contributed by atoms with Gasteiger partial charge in [0, 0.05) is 6.42 Å². The molecular weight excluding hydrogens is 273 g/mol. The third-order valence-corrected chi connectivity index (χ3v) is 3.71. The summed E-state index contributed by atoms with van der Waals surface area (Å²) in [5.41, 5.74) is 1.13. The van der Waals surface area contributed by atoms with Crippen molar-refractivity contribution in [1.82, 2.24) is 4.73 Å². The highest BCUT2D eigenvalue weighted by atomic mass is 35.5. The highest BCUT2D eigenvalue weighted by Crippen LogP contribution is 2.25. The summed E-state index contributed by atoms with van der Waals surface area (Å²) in [4.78, 5) is 11.7. The van der Waals surface area contributed by atoms with Crippen LogP contribution in [0.1, 0.15) is 16.8 Å². The first-order valence-electron chi connectivity index (χ1n) is 5.35. The molecule has 1 N–H and O–H groups in total. The molecule has 0 spiro atoms. The van der Waals surface area contributed by atoms with Gasteiger partial charge in [-0.15, -0.1) is 4.73 Å². The standard InChI is InChI=1S/C13H11Cl2NO2/c1-8-11(14)10(16(18)13(17)12(8)15)7-9-5-3-2-4-6-9/h2-6,18H,7H2,1H3. The fourth-order valence-electron chi connectivity index (χ4n) is 1.72. The second-order valence-electron chi connectivity index (χ2n) is 3.98. The number of nitrogens with zero attached hydrogens (tertiary/aromatic N) is 1. The first-order valence-corrected chi connectivity index (χ1v) is 6.10. The highest BCUT2D eigenvalue weighted by molar-refractivity contribution is 6.36. The van der Waals surface area contributed by atoms with Crippen LogP contribution in [0.25, 0.3) is 0 Å². The van der Waals surface area contributed by atoms with Gasteiger partial charge in [-0.2, -0.15) is 0 Å². The van der Waals surface area contributed by atoms with E-state index in [4.69, 9.17) is 23.2 Å². The van der Waals surface area contributed by atoms with Crippen LogP contribution in [0.15, 0.2) is 35.1 Å². The van der Waals surface area contributed by atoms with Gasteiger partial charge in [0.1, 0.15) is 5.02 Å². The van der Waals surface area contributed by atoms with Crippen molar-refractivity contribution >= 4 is 23.2 Å². The number of benzene rings is 1. The van der Waals surface area contributed by atoms with Crippen LogP contribution in [-0.4, -0.2) is 9.94 Å². The molecule has 1 heterocycles. The summed E-state index contributed by atoms with van der Waals surface area (Å²) in [6.07, 6.45) is 0.365. The Morgan fingerprint density at radius 1 is 1.17 bits per heavy atom. The van der Waals surface area contributed by atoms with Crippen LogP contribution in [-0.2, 0) is 6.42 Å². The van der Waals surface area contributed by atoms with Gasteiger partial charge in [-0.3, -0.25) is 4.79 Å². The number of hydrogen-bond acceptors (Lipinski definition) is 2. The van der Waals surface area contributed by atoms with Gasteiger partial charge < -0.3 is 5.21 Å². The lowest BCUT2D eigenvalue weighted by Crippen LogP contribution is -2.23. The Labute approximate surface area is 114 Å². The molecule has 0 saturated carbocycles. The smallest absolute Gasteiger partial charge is 0.302 e. The lowest BCUT2D eigenvalue weighted by molar-refractivity contribution is 0.166. The van der Waals surface area contributed by atoms with Gasteiger partial charge in [0.25, 0.3) is 0 Å². The van der Waals surface area contributed by atoms with Crippen LogP contribution in [0.2, 0.25) is 10.0 Å². The van der Waals surface area contributed by atoms with Gasteiger partial charge in [0.15, 0.2) is 0 Å². The molecule has 2 rings (SSSR count). The van der Waals surface area contributed by atoms with Crippen molar-refractivity contribution in [2.45, 2.75) is 13.3 Å². The predicted molar refractivity (Wildman–Crippen MR) is 71.9 cm³/mol. The van der Waals surface area contributed by atoms with Crippen LogP contribution in [0.5, 0.6) is 0 Å². The summed E-state index contributed by atoms with van der Waals surface area (Å²) in [6.45, 7) is 1.65. The van der Waals surface area contributed by atoms with E-state index >= 15 is 0 Å². The molecule has 0 atom stereocenters. The SMILES string of the molecule is Cc1c(Cl)c(Cc2ccccc2)n(O)c(=O)c1Cl. The number of aromatic nitrogens is 1. The predicted octanol–water partition coefficient (Wildman–Crippen LogP) is 3.29. The normalized spacial score (nSPS) is 10.6. The first kappa shape index (κ1) is 13.0. The minimum Gasteiger partial charge on any atom is -0.425 e. The van der Waals surface area contributed by atoms with Gasteiger partial charge in [0.2, 0.25) is 0 Å². The zero-order valence-corrected chi connectivity index (χ0v) is 11.2. The second-order valence-corrected chi connectivity index (χ2v) is 4.73. The van der Waals surface area contributed by atoms with Gasteiger partial charge in [-0.05, 0) is 18.1 Å². The van der Waals surface area contributed by atoms with E-state index < -0.39 is 5.56 Å². The monoisotopic (exact) mass is 283 g/mol. The average Bonchev–Trinajstić information content (AvgIpc) is 2.40.